The summed E-state index contributed by atoms with van der Waals surface area (Å²) < 4.78 is 5.22. The van der Waals surface area contributed by atoms with Crippen LogP contribution in [0.4, 0.5) is 0 Å². The van der Waals surface area contributed by atoms with Crippen molar-refractivity contribution in [2.24, 2.45) is 0 Å². The van der Waals surface area contributed by atoms with E-state index < -0.39 is 0 Å². The summed E-state index contributed by atoms with van der Waals surface area (Å²) in [7, 11) is 0. The number of hydrogen-bond acceptors (Lipinski definition) is 5. The SMILES string of the molecule is CC(C)c1noc(CCCC(=O)NC(c2ccccc2)c2ccccn2)n1. The molecule has 6 nitrogen and oxygen atoms in total. The standard InChI is InChI=1S/C21H24N4O2/c1-15(2)21-24-19(27-25-21)13-8-12-18(26)23-20(16-9-4-3-5-10-16)17-11-6-7-14-22-17/h3-7,9-11,14-15,20H,8,12-13H2,1-2H3,(H,23,26). The van der Waals surface area contributed by atoms with Gasteiger partial charge in [0.15, 0.2) is 5.82 Å². The summed E-state index contributed by atoms with van der Waals surface area (Å²) in [5, 5.41) is 7.04. The Hall–Kier alpha value is -3.02. The molecule has 0 radical (unpaired) electrons. The maximum atomic E-state index is 12.5. The second kappa shape index (κ2) is 9.07. The lowest BCUT2D eigenvalue weighted by Crippen LogP contribution is -2.29. The minimum atomic E-state index is -0.268. The van der Waals surface area contributed by atoms with Crippen LogP contribution in [0.15, 0.2) is 59.3 Å². The van der Waals surface area contributed by atoms with Crippen molar-refractivity contribution in [1.29, 1.82) is 0 Å². The van der Waals surface area contributed by atoms with Crippen molar-refractivity contribution in [2.45, 2.75) is 45.1 Å². The second-order valence-corrected chi connectivity index (χ2v) is 6.72. The Morgan fingerprint density at radius 3 is 2.56 bits per heavy atom. The summed E-state index contributed by atoms with van der Waals surface area (Å²) in [4.78, 5) is 21.2. The van der Waals surface area contributed by atoms with E-state index in [9.17, 15) is 4.79 Å². The van der Waals surface area contributed by atoms with Crippen molar-refractivity contribution in [3.05, 3.63) is 77.7 Å². The lowest BCUT2D eigenvalue weighted by atomic mass is 10.0. The van der Waals surface area contributed by atoms with E-state index >= 15 is 0 Å². The van der Waals surface area contributed by atoms with Gasteiger partial charge in [-0.25, -0.2) is 0 Å². The smallest absolute Gasteiger partial charge is 0.226 e. The van der Waals surface area contributed by atoms with Gasteiger partial charge in [0, 0.05) is 25.0 Å². The molecule has 2 heterocycles. The van der Waals surface area contributed by atoms with Crippen molar-refractivity contribution >= 4 is 5.91 Å². The van der Waals surface area contributed by atoms with E-state index in [4.69, 9.17) is 4.52 Å². The van der Waals surface area contributed by atoms with Crippen LogP contribution in [-0.2, 0) is 11.2 Å². The molecule has 2 aromatic heterocycles. The zero-order chi connectivity index (χ0) is 19.1. The summed E-state index contributed by atoms with van der Waals surface area (Å²) in [5.41, 5.74) is 1.82. The molecule has 0 saturated heterocycles. The first-order chi connectivity index (χ1) is 13.1. The molecule has 3 aromatic rings. The van der Waals surface area contributed by atoms with E-state index in [0.717, 1.165) is 11.3 Å². The lowest BCUT2D eigenvalue weighted by molar-refractivity contribution is -0.121. The van der Waals surface area contributed by atoms with Crippen LogP contribution in [0.1, 0.15) is 61.6 Å². The van der Waals surface area contributed by atoms with Crippen LogP contribution in [0.2, 0.25) is 0 Å². The van der Waals surface area contributed by atoms with E-state index in [1.807, 2.05) is 62.4 Å². The molecule has 0 aliphatic heterocycles. The molecule has 0 fully saturated rings. The summed E-state index contributed by atoms with van der Waals surface area (Å²) in [6.45, 7) is 4.03. The number of benzene rings is 1. The summed E-state index contributed by atoms with van der Waals surface area (Å²) in [5.74, 6) is 1.48. The molecular weight excluding hydrogens is 340 g/mol. The molecular formula is C21H24N4O2. The molecule has 1 atom stereocenters. The number of carbonyl (C=O) groups is 1. The summed E-state index contributed by atoms with van der Waals surface area (Å²) in [6, 6.07) is 15.3. The lowest BCUT2D eigenvalue weighted by Gasteiger charge is -2.18. The third kappa shape index (κ3) is 5.23. The molecule has 1 amide bonds. The van der Waals surface area contributed by atoms with Crippen molar-refractivity contribution < 1.29 is 9.32 Å². The average Bonchev–Trinajstić information content (AvgIpc) is 3.17. The van der Waals surface area contributed by atoms with Crippen LogP contribution in [0, 0.1) is 0 Å². The van der Waals surface area contributed by atoms with Gasteiger partial charge in [-0.2, -0.15) is 4.98 Å². The van der Waals surface area contributed by atoms with E-state index in [1.54, 1.807) is 6.20 Å². The zero-order valence-electron chi connectivity index (χ0n) is 15.6. The number of aromatic nitrogens is 3. The molecule has 1 aromatic carbocycles. The molecule has 140 valence electrons. The first-order valence-corrected chi connectivity index (χ1v) is 9.21. The van der Waals surface area contributed by atoms with Crippen molar-refractivity contribution in [3.63, 3.8) is 0 Å². The van der Waals surface area contributed by atoms with Gasteiger partial charge in [-0.3, -0.25) is 9.78 Å². The Bertz CT molecular complexity index is 807. The van der Waals surface area contributed by atoms with Gasteiger partial charge in [0.1, 0.15) is 0 Å². The average molecular weight is 364 g/mol. The van der Waals surface area contributed by atoms with E-state index in [1.165, 1.54) is 0 Å². The predicted molar refractivity (Wildman–Crippen MR) is 102 cm³/mol. The van der Waals surface area contributed by atoms with E-state index in [0.29, 0.717) is 31.0 Å². The van der Waals surface area contributed by atoms with Gasteiger partial charge >= 0.3 is 0 Å². The molecule has 1 unspecified atom stereocenters. The number of nitrogens with zero attached hydrogens (tertiary/aromatic N) is 3. The number of carbonyl (C=O) groups excluding carboxylic acids is 1. The minimum absolute atomic E-state index is 0.0295. The fourth-order valence-electron chi connectivity index (χ4n) is 2.76. The normalized spacial score (nSPS) is 12.1. The third-order valence-electron chi connectivity index (χ3n) is 4.22. The minimum Gasteiger partial charge on any atom is -0.344 e. The second-order valence-electron chi connectivity index (χ2n) is 6.72. The van der Waals surface area contributed by atoms with Gasteiger partial charge in [0.05, 0.1) is 11.7 Å². The van der Waals surface area contributed by atoms with E-state index in [2.05, 4.69) is 20.4 Å². The van der Waals surface area contributed by atoms with Gasteiger partial charge in [0.2, 0.25) is 11.8 Å². The quantitative estimate of drug-likeness (QED) is 0.657. The topological polar surface area (TPSA) is 80.9 Å². The fraction of sp³-hybridized carbons (Fsp3) is 0.333. The largest absolute Gasteiger partial charge is 0.344 e. The molecule has 6 heteroatoms. The highest BCUT2D eigenvalue weighted by Crippen LogP contribution is 2.20. The molecule has 0 bridgehead atoms. The van der Waals surface area contributed by atoms with Crippen molar-refractivity contribution in [2.75, 3.05) is 0 Å². The highest BCUT2D eigenvalue weighted by molar-refractivity contribution is 5.76. The Kier molecular flexibility index (Phi) is 6.30. The molecule has 3 rings (SSSR count). The number of rotatable bonds is 8. The van der Waals surface area contributed by atoms with Crippen LogP contribution in [0.25, 0.3) is 0 Å². The fourth-order valence-corrected chi connectivity index (χ4v) is 2.76. The van der Waals surface area contributed by atoms with Gasteiger partial charge in [-0.1, -0.05) is 55.4 Å². The molecule has 0 aliphatic carbocycles. The van der Waals surface area contributed by atoms with Crippen LogP contribution >= 0.6 is 0 Å². The molecule has 0 saturated carbocycles. The Labute approximate surface area is 159 Å². The Morgan fingerprint density at radius 1 is 1.11 bits per heavy atom. The maximum absolute atomic E-state index is 12.5. The van der Waals surface area contributed by atoms with Crippen molar-refractivity contribution in [3.8, 4) is 0 Å². The first-order valence-electron chi connectivity index (χ1n) is 9.21. The molecule has 0 spiro atoms. The van der Waals surface area contributed by atoms with Gasteiger partial charge in [0.25, 0.3) is 0 Å². The number of aryl methyl sites for hydroxylation is 1. The van der Waals surface area contributed by atoms with Crippen LogP contribution < -0.4 is 5.32 Å². The first kappa shape index (κ1) is 18.8. The number of hydrogen-bond donors (Lipinski definition) is 1. The van der Waals surface area contributed by atoms with Crippen LogP contribution in [-0.4, -0.2) is 21.0 Å². The highest BCUT2D eigenvalue weighted by atomic mass is 16.5. The van der Waals surface area contributed by atoms with Crippen LogP contribution in [0.3, 0.4) is 0 Å². The predicted octanol–water partition coefficient (Wildman–Crippen LogP) is 3.82. The Balaban J connectivity index is 1.59. The van der Waals surface area contributed by atoms with Crippen LogP contribution in [0.5, 0.6) is 0 Å². The van der Waals surface area contributed by atoms with E-state index in [-0.39, 0.29) is 17.9 Å². The number of nitrogens with one attached hydrogen (secondary N) is 1. The Morgan fingerprint density at radius 2 is 1.89 bits per heavy atom. The maximum Gasteiger partial charge on any atom is 0.226 e. The summed E-state index contributed by atoms with van der Waals surface area (Å²) >= 11 is 0. The van der Waals surface area contributed by atoms with Gasteiger partial charge in [-0.15, -0.1) is 0 Å². The number of amides is 1. The monoisotopic (exact) mass is 364 g/mol. The zero-order valence-corrected chi connectivity index (χ0v) is 15.6. The van der Waals surface area contributed by atoms with Gasteiger partial charge in [-0.05, 0) is 24.1 Å². The highest BCUT2D eigenvalue weighted by Gasteiger charge is 2.18. The summed E-state index contributed by atoms with van der Waals surface area (Å²) in [6.07, 6.45) is 3.36. The molecule has 27 heavy (non-hydrogen) atoms. The third-order valence-corrected chi connectivity index (χ3v) is 4.22. The number of pyridine rings is 1. The molecule has 0 aliphatic rings. The van der Waals surface area contributed by atoms with Gasteiger partial charge < -0.3 is 9.84 Å². The molecule has 1 N–H and O–H groups in total. The van der Waals surface area contributed by atoms with Crippen molar-refractivity contribution in [1.82, 2.24) is 20.4 Å².